The van der Waals surface area contributed by atoms with Crippen molar-refractivity contribution in [1.82, 2.24) is 4.90 Å². The number of alkyl halides is 3. The molecule has 0 radical (unpaired) electrons. The second-order valence-electron chi connectivity index (χ2n) is 6.59. The summed E-state index contributed by atoms with van der Waals surface area (Å²) in [4.78, 5) is 26.4. The minimum atomic E-state index is -4.83. The van der Waals surface area contributed by atoms with Crippen LogP contribution in [-0.4, -0.2) is 49.1 Å². The molecule has 28 heavy (non-hydrogen) atoms. The summed E-state index contributed by atoms with van der Waals surface area (Å²) in [6, 6.07) is 14.4. The molecular formula is C20H20F3N3O2. The van der Waals surface area contributed by atoms with Crippen molar-refractivity contribution in [2.75, 3.05) is 36.4 Å². The minimum Gasteiger partial charge on any atom is -0.368 e. The molecule has 0 aliphatic carbocycles. The molecule has 0 spiro atoms. The predicted octanol–water partition coefficient (Wildman–Crippen LogP) is 3.46. The Kier molecular flexibility index (Phi) is 5.58. The van der Waals surface area contributed by atoms with Crippen LogP contribution < -0.4 is 10.2 Å². The number of nitrogens with one attached hydrogen (secondary N) is 1. The van der Waals surface area contributed by atoms with Crippen LogP contribution >= 0.6 is 0 Å². The molecule has 0 saturated carbocycles. The van der Waals surface area contributed by atoms with Gasteiger partial charge in [0.15, 0.2) is 0 Å². The van der Waals surface area contributed by atoms with Crippen LogP contribution in [0.2, 0.25) is 0 Å². The Labute approximate surface area is 160 Å². The van der Waals surface area contributed by atoms with Crippen LogP contribution in [0.25, 0.3) is 0 Å². The fraction of sp³-hybridized carbons (Fsp3) is 0.300. The molecule has 0 unspecified atom stereocenters. The highest BCUT2D eigenvalue weighted by molar-refractivity contribution is 6.05. The molecule has 1 heterocycles. The second kappa shape index (κ2) is 7.92. The Morgan fingerprint density at radius 1 is 0.929 bits per heavy atom. The van der Waals surface area contributed by atoms with Gasteiger partial charge in [-0.1, -0.05) is 18.2 Å². The van der Waals surface area contributed by atoms with Crippen LogP contribution in [0, 0.1) is 6.92 Å². The van der Waals surface area contributed by atoms with E-state index >= 15 is 0 Å². The highest BCUT2D eigenvalue weighted by Gasteiger charge is 2.43. The Morgan fingerprint density at radius 2 is 1.54 bits per heavy atom. The smallest absolute Gasteiger partial charge is 0.368 e. The molecule has 0 bridgehead atoms. The molecule has 2 aromatic carbocycles. The first-order chi connectivity index (χ1) is 13.3. The average Bonchev–Trinajstić information content (AvgIpc) is 2.68. The molecule has 8 heteroatoms. The third-order valence-corrected chi connectivity index (χ3v) is 4.69. The number of aryl methyl sites for hydroxylation is 1. The zero-order valence-corrected chi connectivity index (χ0v) is 15.3. The quantitative estimate of drug-likeness (QED) is 0.872. The first-order valence-electron chi connectivity index (χ1n) is 8.84. The van der Waals surface area contributed by atoms with Gasteiger partial charge in [0.05, 0.1) is 0 Å². The van der Waals surface area contributed by atoms with Gasteiger partial charge in [0.25, 0.3) is 5.91 Å². The number of hydrogen-bond acceptors (Lipinski definition) is 3. The Morgan fingerprint density at radius 3 is 2.11 bits per heavy atom. The van der Waals surface area contributed by atoms with Crippen LogP contribution in [0.3, 0.4) is 0 Å². The highest BCUT2D eigenvalue weighted by Crippen LogP contribution is 2.23. The van der Waals surface area contributed by atoms with E-state index in [1.54, 1.807) is 36.4 Å². The van der Waals surface area contributed by atoms with E-state index in [0.29, 0.717) is 24.3 Å². The maximum atomic E-state index is 12.5. The lowest BCUT2D eigenvalue weighted by Gasteiger charge is -2.36. The fourth-order valence-electron chi connectivity index (χ4n) is 3.13. The van der Waals surface area contributed by atoms with E-state index in [2.05, 4.69) is 5.32 Å². The Bertz CT molecular complexity index is 858. The number of amides is 2. The molecule has 2 amide bonds. The van der Waals surface area contributed by atoms with Crippen molar-refractivity contribution in [3.8, 4) is 0 Å². The first kappa shape index (κ1) is 19.7. The minimum absolute atomic E-state index is 0.0180. The number of piperazine rings is 1. The van der Waals surface area contributed by atoms with Gasteiger partial charge in [-0.15, -0.1) is 0 Å². The maximum Gasteiger partial charge on any atom is 0.471 e. The van der Waals surface area contributed by atoms with E-state index in [-0.39, 0.29) is 19.0 Å². The van der Waals surface area contributed by atoms with Crippen molar-refractivity contribution in [3.05, 3.63) is 59.7 Å². The molecule has 5 nitrogen and oxygen atoms in total. The number of carbonyl (C=O) groups is 2. The van der Waals surface area contributed by atoms with Gasteiger partial charge < -0.3 is 15.1 Å². The van der Waals surface area contributed by atoms with Crippen molar-refractivity contribution < 1.29 is 22.8 Å². The number of benzene rings is 2. The van der Waals surface area contributed by atoms with Crippen LogP contribution in [0.15, 0.2) is 48.5 Å². The van der Waals surface area contributed by atoms with Gasteiger partial charge in [-0.25, -0.2) is 0 Å². The zero-order valence-electron chi connectivity index (χ0n) is 15.3. The van der Waals surface area contributed by atoms with Crippen molar-refractivity contribution in [3.63, 3.8) is 0 Å². The number of hydrogen-bond donors (Lipinski definition) is 1. The number of carbonyl (C=O) groups excluding carboxylic acids is 2. The van der Waals surface area contributed by atoms with Crippen molar-refractivity contribution in [1.29, 1.82) is 0 Å². The lowest BCUT2D eigenvalue weighted by Crippen LogP contribution is -2.52. The van der Waals surface area contributed by atoms with Gasteiger partial charge in [0.1, 0.15) is 0 Å². The van der Waals surface area contributed by atoms with Crippen molar-refractivity contribution >= 4 is 23.2 Å². The molecular weight excluding hydrogens is 371 g/mol. The standard InChI is InChI=1S/C20H20F3N3O2/c1-14-4-2-3-5-17(14)18(27)24-15-6-8-16(9-7-15)25-10-12-26(13-11-25)19(28)20(21,22)23/h2-9H,10-13H2,1H3,(H,24,27). The number of nitrogens with zero attached hydrogens (tertiary/aromatic N) is 2. The van der Waals surface area contributed by atoms with E-state index in [1.807, 2.05) is 24.0 Å². The molecule has 0 atom stereocenters. The van der Waals surface area contributed by atoms with Gasteiger partial charge >= 0.3 is 12.1 Å². The molecule has 1 saturated heterocycles. The van der Waals surface area contributed by atoms with Gasteiger partial charge in [-0.2, -0.15) is 13.2 Å². The molecule has 1 aliphatic heterocycles. The van der Waals surface area contributed by atoms with Gasteiger partial charge in [0, 0.05) is 43.1 Å². The first-order valence-corrected chi connectivity index (χ1v) is 8.84. The van der Waals surface area contributed by atoms with Crippen molar-refractivity contribution in [2.45, 2.75) is 13.1 Å². The monoisotopic (exact) mass is 391 g/mol. The second-order valence-corrected chi connectivity index (χ2v) is 6.59. The maximum absolute atomic E-state index is 12.5. The van der Waals surface area contributed by atoms with Crippen LogP contribution in [-0.2, 0) is 4.79 Å². The molecule has 148 valence electrons. The lowest BCUT2D eigenvalue weighted by atomic mass is 10.1. The summed E-state index contributed by atoms with van der Waals surface area (Å²) in [7, 11) is 0. The topological polar surface area (TPSA) is 52.7 Å². The van der Waals surface area contributed by atoms with Gasteiger partial charge in [-0.3, -0.25) is 9.59 Å². The molecule has 0 aromatic heterocycles. The van der Waals surface area contributed by atoms with E-state index < -0.39 is 12.1 Å². The van der Waals surface area contributed by atoms with Gasteiger partial charge in [-0.05, 0) is 42.8 Å². The third kappa shape index (κ3) is 4.44. The van der Waals surface area contributed by atoms with Crippen molar-refractivity contribution in [2.24, 2.45) is 0 Å². The van der Waals surface area contributed by atoms with Crippen LogP contribution in [0.5, 0.6) is 0 Å². The highest BCUT2D eigenvalue weighted by atomic mass is 19.4. The number of rotatable bonds is 3. The summed E-state index contributed by atoms with van der Waals surface area (Å²) in [6.45, 7) is 2.53. The summed E-state index contributed by atoms with van der Waals surface area (Å²) < 4.78 is 37.5. The number of anilines is 2. The zero-order chi connectivity index (χ0) is 20.3. The molecule has 1 fully saturated rings. The fourth-order valence-corrected chi connectivity index (χ4v) is 3.13. The number of halogens is 3. The molecule has 1 N–H and O–H groups in total. The molecule has 2 aromatic rings. The van der Waals surface area contributed by atoms with E-state index in [0.717, 1.165) is 16.2 Å². The summed E-state index contributed by atoms with van der Waals surface area (Å²) in [5.41, 5.74) is 2.93. The largest absolute Gasteiger partial charge is 0.471 e. The van der Waals surface area contributed by atoms with E-state index in [1.165, 1.54) is 0 Å². The summed E-state index contributed by atoms with van der Waals surface area (Å²) in [5, 5.41) is 2.83. The Hall–Kier alpha value is -3.03. The summed E-state index contributed by atoms with van der Waals surface area (Å²) in [5.74, 6) is -1.99. The SMILES string of the molecule is Cc1ccccc1C(=O)Nc1ccc(N2CCN(C(=O)C(F)(F)F)CC2)cc1. The van der Waals surface area contributed by atoms with Gasteiger partial charge in [0.2, 0.25) is 0 Å². The normalized spacial score (nSPS) is 14.7. The van der Waals surface area contributed by atoms with E-state index in [9.17, 15) is 22.8 Å². The lowest BCUT2D eigenvalue weighted by molar-refractivity contribution is -0.185. The summed E-state index contributed by atoms with van der Waals surface area (Å²) in [6.07, 6.45) is -4.83. The van der Waals surface area contributed by atoms with E-state index in [4.69, 9.17) is 0 Å². The van der Waals surface area contributed by atoms with Crippen LogP contribution in [0.1, 0.15) is 15.9 Å². The van der Waals surface area contributed by atoms with Crippen LogP contribution in [0.4, 0.5) is 24.5 Å². The molecule has 1 aliphatic rings. The third-order valence-electron chi connectivity index (χ3n) is 4.69. The summed E-state index contributed by atoms with van der Waals surface area (Å²) >= 11 is 0. The predicted molar refractivity (Wildman–Crippen MR) is 100 cm³/mol. The molecule has 3 rings (SSSR count). The Balaban J connectivity index is 1.59. The average molecular weight is 391 g/mol.